The number of rotatable bonds is 4. The van der Waals surface area contributed by atoms with E-state index in [1.807, 2.05) is 13.8 Å². The number of aromatic carboxylic acids is 1. The predicted molar refractivity (Wildman–Crippen MR) is 74.8 cm³/mol. The molecule has 0 atom stereocenters. The molecular formula is C13H14BrN3O2. The van der Waals surface area contributed by atoms with Crippen molar-refractivity contribution in [1.82, 2.24) is 14.8 Å². The second-order valence-corrected chi connectivity index (χ2v) is 4.95. The summed E-state index contributed by atoms with van der Waals surface area (Å²) in [6.45, 7) is 3.94. The van der Waals surface area contributed by atoms with Crippen LogP contribution < -0.4 is 0 Å². The van der Waals surface area contributed by atoms with Crippen LogP contribution in [0.5, 0.6) is 0 Å². The molecule has 0 spiro atoms. The first-order valence-electron chi connectivity index (χ1n) is 6.04. The maximum absolute atomic E-state index is 11.3. The number of carboxylic acid groups (broad SMARTS) is 1. The zero-order valence-corrected chi connectivity index (χ0v) is 12.3. The van der Waals surface area contributed by atoms with Crippen LogP contribution in [0.4, 0.5) is 0 Å². The Bertz CT molecular complexity index is 622. The largest absolute Gasteiger partial charge is 0.478 e. The summed E-state index contributed by atoms with van der Waals surface area (Å²) in [6.07, 6.45) is 1.41. The Labute approximate surface area is 119 Å². The third-order valence-electron chi connectivity index (χ3n) is 2.77. The van der Waals surface area contributed by atoms with Crippen molar-refractivity contribution in [2.75, 3.05) is 0 Å². The lowest BCUT2D eigenvalue weighted by molar-refractivity contribution is 0.0696. The van der Waals surface area contributed by atoms with Crippen molar-refractivity contribution in [2.24, 2.45) is 0 Å². The fraction of sp³-hybridized carbons (Fsp3) is 0.308. The summed E-state index contributed by atoms with van der Waals surface area (Å²) in [6, 6.07) is 5.02. The molecule has 0 amide bonds. The zero-order chi connectivity index (χ0) is 14.0. The molecule has 1 aromatic carbocycles. The fourth-order valence-corrected chi connectivity index (χ4v) is 2.17. The summed E-state index contributed by atoms with van der Waals surface area (Å²) < 4.78 is 2.43. The molecule has 1 aromatic heterocycles. The van der Waals surface area contributed by atoms with Crippen LogP contribution in [-0.2, 0) is 12.8 Å². The van der Waals surface area contributed by atoms with E-state index >= 15 is 0 Å². The number of aromatic nitrogens is 3. The fourth-order valence-electron chi connectivity index (χ4n) is 1.82. The number of benzene rings is 1. The van der Waals surface area contributed by atoms with E-state index in [0.717, 1.165) is 16.7 Å². The van der Waals surface area contributed by atoms with Crippen molar-refractivity contribution in [2.45, 2.75) is 26.7 Å². The lowest BCUT2D eigenvalue weighted by Crippen LogP contribution is -2.09. The van der Waals surface area contributed by atoms with Gasteiger partial charge in [-0.05, 0) is 18.2 Å². The third-order valence-corrected chi connectivity index (χ3v) is 3.26. The second kappa shape index (κ2) is 5.52. The molecular weight excluding hydrogens is 310 g/mol. The van der Waals surface area contributed by atoms with Gasteiger partial charge in [-0.3, -0.25) is 0 Å². The Hall–Kier alpha value is -1.69. The van der Waals surface area contributed by atoms with Gasteiger partial charge >= 0.3 is 5.97 Å². The molecule has 100 valence electrons. The molecule has 2 rings (SSSR count). The van der Waals surface area contributed by atoms with Crippen LogP contribution >= 0.6 is 15.9 Å². The number of halogens is 1. The monoisotopic (exact) mass is 323 g/mol. The normalized spacial score (nSPS) is 10.7. The minimum atomic E-state index is -0.974. The highest BCUT2D eigenvalue weighted by Crippen LogP contribution is 2.21. The van der Waals surface area contributed by atoms with Gasteiger partial charge in [-0.25, -0.2) is 14.5 Å². The highest BCUT2D eigenvalue weighted by atomic mass is 79.9. The first-order valence-corrected chi connectivity index (χ1v) is 6.84. The molecule has 1 N–H and O–H groups in total. The van der Waals surface area contributed by atoms with Crippen LogP contribution in [0.15, 0.2) is 22.7 Å². The highest BCUT2D eigenvalue weighted by Gasteiger charge is 2.16. The van der Waals surface area contributed by atoms with Gasteiger partial charge in [-0.15, -0.1) is 0 Å². The zero-order valence-electron chi connectivity index (χ0n) is 10.7. The van der Waals surface area contributed by atoms with Gasteiger partial charge in [0.05, 0.1) is 11.3 Å². The standard InChI is InChI=1S/C13H14BrN3O2/c1-3-11-15-12(4-2)17(16-11)10-7-8(14)5-6-9(10)13(18)19/h5-7H,3-4H2,1-2H3,(H,18,19). The average molecular weight is 324 g/mol. The number of hydrogen-bond acceptors (Lipinski definition) is 3. The Morgan fingerprint density at radius 2 is 2.11 bits per heavy atom. The molecule has 6 heteroatoms. The number of carboxylic acids is 1. The van der Waals surface area contributed by atoms with Crippen LogP contribution in [-0.4, -0.2) is 25.8 Å². The number of carbonyl (C=O) groups is 1. The van der Waals surface area contributed by atoms with Crippen LogP contribution in [0.1, 0.15) is 35.9 Å². The third kappa shape index (κ3) is 2.68. The number of hydrogen-bond donors (Lipinski definition) is 1. The predicted octanol–water partition coefficient (Wildman–Crippen LogP) is 2.85. The van der Waals surface area contributed by atoms with E-state index in [1.165, 1.54) is 0 Å². The first-order chi connectivity index (χ1) is 9.06. The Morgan fingerprint density at radius 3 is 2.68 bits per heavy atom. The van der Waals surface area contributed by atoms with Crippen LogP contribution in [0.3, 0.4) is 0 Å². The SMILES string of the molecule is CCc1nc(CC)n(-c2cc(Br)ccc2C(=O)O)n1. The maximum atomic E-state index is 11.3. The van der Waals surface area contributed by atoms with Gasteiger partial charge in [0.1, 0.15) is 5.82 Å². The molecule has 19 heavy (non-hydrogen) atoms. The summed E-state index contributed by atoms with van der Waals surface area (Å²) in [7, 11) is 0. The van der Waals surface area contributed by atoms with E-state index in [0.29, 0.717) is 17.9 Å². The lowest BCUT2D eigenvalue weighted by atomic mass is 10.2. The summed E-state index contributed by atoms with van der Waals surface area (Å²) in [5.74, 6) is 0.503. The maximum Gasteiger partial charge on any atom is 0.337 e. The van der Waals surface area contributed by atoms with Crippen molar-refractivity contribution < 1.29 is 9.90 Å². The molecule has 0 saturated heterocycles. The van der Waals surface area contributed by atoms with E-state index < -0.39 is 5.97 Å². The first kappa shape index (κ1) is 13.7. The van der Waals surface area contributed by atoms with Gasteiger partial charge in [0, 0.05) is 17.3 Å². The summed E-state index contributed by atoms with van der Waals surface area (Å²) in [5, 5.41) is 13.6. The Kier molecular flexibility index (Phi) is 3.99. The van der Waals surface area contributed by atoms with Gasteiger partial charge in [0.2, 0.25) is 0 Å². The van der Waals surface area contributed by atoms with Crippen molar-refractivity contribution in [3.8, 4) is 5.69 Å². The Morgan fingerprint density at radius 1 is 1.37 bits per heavy atom. The van der Waals surface area contributed by atoms with Crippen LogP contribution in [0.2, 0.25) is 0 Å². The van der Waals surface area contributed by atoms with Crippen molar-refractivity contribution in [3.05, 3.63) is 39.9 Å². The molecule has 0 saturated carbocycles. The lowest BCUT2D eigenvalue weighted by Gasteiger charge is -2.08. The smallest absolute Gasteiger partial charge is 0.337 e. The molecule has 0 aliphatic rings. The van der Waals surface area contributed by atoms with Gasteiger partial charge in [-0.2, -0.15) is 5.10 Å². The molecule has 0 unspecified atom stereocenters. The van der Waals surface area contributed by atoms with Crippen LogP contribution in [0.25, 0.3) is 5.69 Å². The molecule has 0 aliphatic heterocycles. The summed E-state index contributed by atoms with van der Waals surface area (Å²) >= 11 is 3.36. The molecule has 0 fully saturated rings. The van der Waals surface area contributed by atoms with Crippen molar-refractivity contribution in [3.63, 3.8) is 0 Å². The highest BCUT2D eigenvalue weighted by molar-refractivity contribution is 9.10. The van der Waals surface area contributed by atoms with E-state index in [2.05, 4.69) is 26.0 Å². The van der Waals surface area contributed by atoms with E-state index in [-0.39, 0.29) is 5.56 Å². The summed E-state index contributed by atoms with van der Waals surface area (Å²) in [5.41, 5.74) is 0.747. The molecule has 0 radical (unpaired) electrons. The van der Waals surface area contributed by atoms with Gasteiger partial charge < -0.3 is 5.11 Å². The van der Waals surface area contributed by atoms with Crippen LogP contribution in [0, 0.1) is 0 Å². The Balaban J connectivity index is 2.66. The van der Waals surface area contributed by atoms with E-state index in [4.69, 9.17) is 0 Å². The van der Waals surface area contributed by atoms with Crippen molar-refractivity contribution in [1.29, 1.82) is 0 Å². The van der Waals surface area contributed by atoms with Gasteiger partial charge in [-0.1, -0.05) is 29.8 Å². The van der Waals surface area contributed by atoms with Crippen molar-refractivity contribution >= 4 is 21.9 Å². The van der Waals surface area contributed by atoms with Gasteiger partial charge in [0.15, 0.2) is 5.82 Å². The molecule has 1 heterocycles. The average Bonchev–Trinajstić information content (AvgIpc) is 2.81. The van der Waals surface area contributed by atoms with Gasteiger partial charge in [0.25, 0.3) is 0 Å². The quantitative estimate of drug-likeness (QED) is 0.939. The molecule has 2 aromatic rings. The minimum Gasteiger partial charge on any atom is -0.478 e. The minimum absolute atomic E-state index is 0.213. The number of aryl methyl sites for hydroxylation is 2. The topological polar surface area (TPSA) is 68.0 Å². The second-order valence-electron chi connectivity index (χ2n) is 4.03. The van der Waals surface area contributed by atoms with E-state index in [9.17, 15) is 9.90 Å². The van der Waals surface area contributed by atoms with E-state index in [1.54, 1.807) is 22.9 Å². The molecule has 5 nitrogen and oxygen atoms in total. The molecule has 0 aliphatic carbocycles. The summed E-state index contributed by atoms with van der Waals surface area (Å²) in [4.78, 5) is 15.7. The molecule has 0 bridgehead atoms. The number of nitrogens with zero attached hydrogens (tertiary/aromatic N) is 3.